The molecule has 1 aromatic carbocycles. The van der Waals surface area contributed by atoms with Gasteiger partial charge in [0.1, 0.15) is 5.82 Å². The van der Waals surface area contributed by atoms with E-state index in [2.05, 4.69) is 5.10 Å². The molecule has 1 amide bonds. The van der Waals surface area contributed by atoms with Crippen molar-refractivity contribution in [2.24, 2.45) is 7.05 Å². The Balaban J connectivity index is 1.61. The number of carbonyl (C=O) groups is 2. The van der Waals surface area contributed by atoms with Gasteiger partial charge in [-0.15, -0.1) is 0 Å². The van der Waals surface area contributed by atoms with E-state index in [0.29, 0.717) is 5.56 Å². The maximum Gasteiger partial charge on any atom is 0.341 e. The summed E-state index contributed by atoms with van der Waals surface area (Å²) in [5.74, 6) is -1.26. The number of aromatic nitrogens is 2. The van der Waals surface area contributed by atoms with Gasteiger partial charge in [0.05, 0.1) is 11.8 Å². The SMILES string of the molecule is Cn1cc(C(=O)OCC(=O)N(Cc2ccccc2F)C2CC2)cn1. The molecule has 0 radical (unpaired) electrons. The van der Waals surface area contributed by atoms with Crippen LogP contribution in [0.25, 0.3) is 0 Å². The molecule has 1 saturated carbocycles. The molecule has 7 heteroatoms. The fourth-order valence-electron chi connectivity index (χ4n) is 2.44. The lowest BCUT2D eigenvalue weighted by Gasteiger charge is -2.22. The van der Waals surface area contributed by atoms with Crippen LogP contribution in [0, 0.1) is 5.82 Å². The smallest absolute Gasteiger partial charge is 0.341 e. The Morgan fingerprint density at radius 2 is 2.12 bits per heavy atom. The molecule has 2 aromatic rings. The lowest BCUT2D eigenvalue weighted by molar-refractivity contribution is -0.135. The van der Waals surface area contributed by atoms with Crippen molar-refractivity contribution in [1.29, 1.82) is 0 Å². The van der Waals surface area contributed by atoms with Crippen molar-refractivity contribution < 1.29 is 18.7 Å². The van der Waals surface area contributed by atoms with E-state index in [1.807, 2.05) is 0 Å². The number of carbonyl (C=O) groups excluding carboxylic acids is 2. The largest absolute Gasteiger partial charge is 0.452 e. The maximum absolute atomic E-state index is 13.8. The number of aryl methyl sites for hydroxylation is 1. The van der Waals surface area contributed by atoms with Gasteiger partial charge < -0.3 is 9.64 Å². The first-order valence-electron chi connectivity index (χ1n) is 7.73. The Bertz CT molecular complexity index is 755. The number of benzene rings is 1. The summed E-state index contributed by atoms with van der Waals surface area (Å²) in [6.45, 7) is -0.181. The van der Waals surface area contributed by atoms with Crippen LogP contribution in [0.4, 0.5) is 4.39 Å². The Morgan fingerprint density at radius 1 is 1.38 bits per heavy atom. The number of esters is 1. The fraction of sp³-hybridized carbons (Fsp3) is 0.353. The van der Waals surface area contributed by atoms with E-state index in [-0.39, 0.29) is 36.5 Å². The van der Waals surface area contributed by atoms with Gasteiger partial charge in [-0.1, -0.05) is 18.2 Å². The quantitative estimate of drug-likeness (QED) is 0.759. The molecule has 24 heavy (non-hydrogen) atoms. The topological polar surface area (TPSA) is 64.4 Å². The first-order valence-corrected chi connectivity index (χ1v) is 7.73. The third kappa shape index (κ3) is 3.79. The van der Waals surface area contributed by atoms with Crippen LogP contribution in [0.1, 0.15) is 28.8 Å². The molecule has 0 unspecified atom stereocenters. The molecule has 0 N–H and O–H groups in total. The number of hydrogen-bond acceptors (Lipinski definition) is 4. The molecule has 0 spiro atoms. The minimum Gasteiger partial charge on any atom is -0.452 e. The molecule has 0 aliphatic heterocycles. The van der Waals surface area contributed by atoms with Crippen LogP contribution < -0.4 is 0 Å². The molecule has 1 aromatic heterocycles. The minimum absolute atomic E-state index is 0.0919. The Hall–Kier alpha value is -2.70. The fourth-order valence-corrected chi connectivity index (χ4v) is 2.44. The van der Waals surface area contributed by atoms with Crippen LogP contribution in [0.2, 0.25) is 0 Å². The van der Waals surface area contributed by atoms with Crippen molar-refractivity contribution in [3.8, 4) is 0 Å². The van der Waals surface area contributed by atoms with Gasteiger partial charge in [0, 0.05) is 31.4 Å². The third-order valence-corrected chi connectivity index (χ3v) is 3.87. The molecule has 1 heterocycles. The highest BCUT2D eigenvalue weighted by Gasteiger charge is 2.33. The van der Waals surface area contributed by atoms with Gasteiger partial charge in [-0.2, -0.15) is 5.10 Å². The lowest BCUT2D eigenvalue weighted by Crippen LogP contribution is -2.36. The van der Waals surface area contributed by atoms with E-state index < -0.39 is 5.97 Å². The highest BCUT2D eigenvalue weighted by Crippen LogP contribution is 2.29. The summed E-state index contributed by atoms with van der Waals surface area (Å²) in [7, 11) is 1.69. The van der Waals surface area contributed by atoms with Gasteiger partial charge in [0.2, 0.25) is 0 Å². The Kier molecular flexibility index (Phi) is 4.59. The van der Waals surface area contributed by atoms with Crippen LogP contribution in [0.3, 0.4) is 0 Å². The third-order valence-electron chi connectivity index (χ3n) is 3.87. The van der Waals surface area contributed by atoms with Crippen LogP contribution in [0.15, 0.2) is 36.7 Å². The van der Waals surface area contributed by atoms with Crippen molar-refractivity contribution in [2.45, 2.75) is 25.4 Å². The number of nitrogens with zero attached hydrogens (tertiary/aromatic N) is 3. The molecule has 0 bridgehead atoms. The summed E-state index contributed by atoms with van der Waals surface area (Å²) in [5, 5.41) is 3.88. The maximum atomic E-state index is 13.8. The predicted molar refractivity (Wildman–Crippen MR) is 83.5 cm³/mol. The summed E-state index contributed by atoms with van der Waals surface area (Å²) in [6.07, 6.45) is 4.67. The van der Waals surface area contributed by atoms with E-state index in [0.717, 1.165) is 12.8 Å². The van der Waals surface area contributed by atoms with Crippen molar-refractivity contribution in [3.05, 3.63) is 53.6 Å². The molecule has 6 nitrogen and oxygen atoms in total. The average Bonchev–Trinajstić information content (AvgIpc) is 3.32. The second kappa shape index (κ2) is 6.82. The van der Waals surface area contributed by atoms with E-state index in [1.165, 1.54) is 23.1 Å². The number of halogens is 1. The number of ether oxygens (including phenoxy) is 1. The van der Waals surface area contributed by atoms with Crippen LogP contribution in [0.5, 0.6) is 0 Å². The predicted octanol–water partition coefficient (Wildman–Crippen LogP) is 1.91. The lowest BCUT2D eigenvalue weighted by atomic mass is 10.2. The average molecular weight is 331 g/mol. The second-order valence-electron chi connectivity index (χ2n) is 5.82. The molecule has 0 atom stereocenters. The zero-order valence-electron chi connectivity index (χ0n) is 13.3. The molecular formula is C17H18FN3O3. The molecular weight excluding hydrogens is 313 g/mol. The molecule has 1 aliphatic carbocycles. The zero-order valence-corrected chi connectivity index (χ0v) is 13.3. The molecule has 126 valence electrons. The summed E-state index contributed by atoms with van der Waals surface area (Å²) >= 11 is 0. The van der Waals surface area contributed by atoms with Gasteiger partial charge in [-0.3, -0.25) is 9.48 Å². The number of amides is 1. The monoisotopic (exact) mass is 331 g/mol. The highest BCUT2D eigenvalue weighted by atomic mass is 19.1. The normalized spacial score (nSPS) is 13.6. The van der Waals surface area contributed by atoms with E-state index in [9.17, 15) is 14.0 Å². The van der Waals surface area contributed by atoms with Gasteiger partial charge in [-0.25, -0.2) is 9.18 Å². The molecule has 1 fully saturated rings. The van der Waals surface area contributed by atoms with Crippen LogP contribution in [-0.2, 0) is 23.1 Å². The van der Waals surface area contributed by atoms with Crippen LogP contribution in [-0.4, -0.2) is 39.2 Å². The first kappa shape index (κ1) is 16.2. The van der Waals surface area contributed by atoms with E-state index in [4.69, 9.17) is 4.74 Å². The van der Waals surface area contributed by atoms with Crippen molar-refractivity contribution in [2.75, 3.05) is 6.61 Å². The number of rotatable bonds is 6. The molecule has 3 rings (SSSR count). The van der Waals surface area contributed by atoms with Crippen LogP contribution >= 0.6 is 0 Å². The first-order chi connectivity index (χ1) is 11.5. The Morgan fingerprint density at radius 3 is 2.75 bits per heavy atom. The standard InChI is InChI=1S/C17H18FN3O3/c1-20-9-13(8-19-20)17(23)24-11-16(22)21(14-6-7-14)10-12-4-2-3-5-15(12)18/h2-5,8-9,14H,6-7,10-11H2,1H3. The summed E-state index contributed by atoms with van der Waals surface area (Å²) in [6, 6.07) is 6.45. The van der Waals surface area contributed by atoms with Gasteiger partial charge in [-0.05, 0) is 18.9 Å². The van der Waals surface area contributed by atoms with E-state index >= 15 is 0 Å². The highest BCUT2D eigenvalue weighted by molar-refractivity contribution is 5.90. The zero-order chi connectivity index (χ0) is 17.1. The number of hydrogen-bond donors (Lipinski definition) is 0. The van der Waals surface area contributed by atoms with Gasteiger partial charge in [0.15, 0.2) is 6.61 Å². The molecule has 0 saturated heterocycles. The summed E-state index contributed by atoms with van der Waals surface area (Å²) in [4.78, 5) is 25.8. The second-order valence-corrected chi connectivity index (χ2v) is 5.82. The Labute approximate surface area is 138 Å². The minimum atomic E-state index is -0.599. The molecule has 1 aliphatic rings. The van der Waals surface area contributed by atoms with Crippen molar-refractivity contribution in [1.82, 2.24) is 14.7 Å². The van der Waals surface area contributed by atoms with Gasteiger partial charge in [0.25, 0.3) is 5.91 Å². The van der Waals surface area contributed by atoms with Gasteiger partial charge >= 0.3 is 5.97 Å². The van der Waals surface area contributed by atoms with E-state index in [1.54, 1.807) is 30.1 Å². The van der Waals surface area contributed by atoms with Crippen molar-refractivity contribution >= 4 is 11.9 Å². The summed E-state index contributed by atoms with van der Waals surface area (Å²) in [5.41, 5.74) is 0.744. The summed E-state index contributed by atoms with van der Waals surface area (Å²) < 4.78 is 20.3. The van der Waals surface area contributed by atoms with Crippen molar-refractivity contribution in [3.63, 3.8) is 0 Å².